The Kier molecular flexibility index (Phi) is 17.9. The smallest absolute Gasteiger partial charge is 1.00 e. The largest absolute Gasteiger partial charge is 2.00 e. The van der Waals surface area contributed by atoms with Crippen molar-refractivity contribution in [3.63, 3.8) is 0 Å². The molecule has 15 heavy (non-hydrogen) atoms. The molecule has 0 heterocycles. The van der Waals surface area contributed by atoms with Crippen LogP contribution in [-0.2, 0) is 0 Å². The first-order valence-electron chi connectivity index (χ1n) is 5.77. The first-order chi connectivity index (χ1) is 6.25. The van der Waals surface area contributed by atoms with Crippen LogP contribution in [0.3, 0.4) is 0 Å². The summed E-state index contributed by atoms with van der Waals surface area (Å²) in [6.45, 7) is 17.2. The Hall–Kier alpha value is 0.686. The molecule has 0 aliphatic rings. The summed E-state index contributed by atoms with van der Waals surface area (Å²) in [5.41, 5.74) is 0. The molecule has 0 saturated heterocycles. The predicted octanol–water partition coefficient (Wildman–Crippen LogP) is 2.63. The van der Waals surface area contributed by atoms with E-state index in [9.17, 15) is 0 Å². The maximum atomic E-state index is 3.31. The predicted molar refractivity (Wildman–Crippen MR) is 74.8 cm³/mol. The molecule has 0 spiro atoms. The van der Waals surface area contributed by atoms with Crippen LogP contribution in [0.2, 0.25) is 0 Å². The van der Waals surface area contributed by atoms with Gasteiger partial charge in [0.1, 0.15) is 0 Å². The minimum atomic E-state index is 0. The molecule has 0 fully saturated rings. The van der Waals surface area contributed by atoms with Crippen molar-refractivity contribution in [1.29, 1.82) is 0 Å². The monoisotopic (exact) mass is 228 g/mol. The van der Waals surface area contributed by atoms with Gasteiger partial charge in [-0.05, 0) is 0 Å². The van der Waals surface area contributed by atoms with Gasteiger partial charge in [0.25, 0.3) is 0 Å². The van der Waals surface area contributed by atoms with Crippen molar-refractivity contribution in [2.75, 3.05) is 0 Å². The van der Waals surface area contributed by atoms with E-state index in [-0.39, 0.29) is 25.9 Å². The molecule has 0 saturated carbocycles. The van der Waals surface area contributed by atoms with E-state index < -0.39 is 0 Å². The third-order valence-electron chi connectivity index (χ3n) is 1.33. The van der Waals surface area contributed by atoms with Crippen LogP contribution in [0.25, 0.3) is 0 Å². The molecule has 0 aromatic heterocycles. The van der Waals surface area contributed by atoms with E-state index >= 15 is 0 Å². The van der Waals surface area contributed by atoms with Gasteiger partial charge in [-0.15, -0.1) is 0 Å². The van der Waals surface area contributed by atoms with Crippen LogP contribution in [0.15, 0.2) is 0 Å². The second kappa shape index (κ2) is 12.8. The van der Waals surface area contributed by atoms with Gasteiger partial charge in [0.2, 0.25) is 0 Å². The van der Waals surface area contributed by atoms with E-state index in [0.29, 0.717) is 24.2 Å². The van der Waals surface area contributed by atoms with Crippen molar-refractivity contribution < 1.29 is 2.85 Å². The standard InChI is InChI=1S/2C6H15N.Mg.2H/c2*1-5(2)7-6(3)4;;;/h2*5-7H,1-4H3;;;/q;;+2;2*-1. The molecule has 0 radical (unpaired) electrons. The quantitative estimate of drug-likeness (QED) is 0.723. The first kappa shape index (κ1) is 21.0. The third kappa shape index (κ3) is 31.3. The Morgan fingerprint density at radius 2 is 0.667 bits per heavy atom. The molecule has 92 valence electrons. The van der Waals surface area contributed by atoms with Crippen molar-refractivity contribution in [2.45, 2.75) is 79.6 Å². The van der Waals surface area contributed by atoms with Crippen LogP contribution in [0.4, 0.5) is 0 Å². The average molecular weight is 229 g/mol. The van der Waals surface area contributed by atoms with Crippen LogP contribution in [-0.4, -0.2) is 47.2 Å². The summed E-state index contributed by atoms with van der Waals surface area (Å²) in [7, 11) is 0. The van der Waals surface area contributed by atoms with E-state index in [4.69, 9.17) is 0 Å². The Balaban J connectivity index is -0.0000000480. The number of hydrogen-bond acceptors (Lipinski definition) is 2. The van der Waals surface area contributed by atoms with Gasteiger partial charge in [-0.2, -0.15) is 0 Å². The summed E-state index contributed by atoms with van der Waals surface area (Å²) in [6, 6.07) is 2.50. The molecule has 3 heteroatoms. The molecule has 0 unspecified atom stereocenters. The summed E-state index contributed by atoms with van der Waals surface area (Å²) >= 11 is 0. The normalized spacial score (nSPS) is 10.4. The fraction of sp³-hybridized carbons (Fsp3) is 1.00. The Bertz CT molecular complexity index is 95.1. The molecule has 2 nitrogen and oxygen atoms in total. The van der Waals surface area contributed by atoms with E-state index in [1.54, 1.807) is 0 Å². The fourth-order valence-corrected chi connectivity index (χ4v) is 1.33. The maximum absolute atomic E-state index is 3.31. The molecule has 0 bridgehead atoms. The minimum Gasteiger partial charge on any atom is -1.00 e. The van der Waals surface area contributed by atoms with Crippen molar-refractivity contribution in [3.05, 3.63) is 0 Å². The second-order valence-corrected chi connectivity index (χ2v) is 4.95. The summed E-state index contributed by atoms with van der Waals surface area (Å²) in [6.07, 6.45) is 0. The molecular formula is C12H32MgN2. The molecule has 0 amide bonds. The zero-order valence-corrected chi connectivity index (χ0v) is 13.4. The van der Waals surface area contributed by atoms with Crippen LogP contribution in [0.1, 0.15) is 58.2 Å². The van der Waals surface area contributed by atoms with Crippen LogP contribution in [0, 0.1) is 0 Å². The third-order valence-corrected chi connectivity index (χ3v) is 1.33. The van der Waals surface area contributed by atoms with Gasteiger partial charge in [-0.1, -0.05) is 55.4 Å². The summed E-state index contributed by atoms with van der Waals surface area (Å²) in [4.78, 5) is 0. The van der Waals surface area contributed by atoms with Crippen molar-refractivity contribution in [2.24, 2.45) is 0 Å². The first-order valence-corrected chi connectivity index (χ1v) is 5.77. The van der Waals surface area contributed by atoms with Gasteiger partial charge in [0.15, 0.2) is 0 Å². The average Bonchev–Trinajstić information content (AvgIpc) is 1.79. The van der Waals surface area contributed by atoms with Crippen molar-refractivity contribution in [1.82, 2.24) is 10.6 Å². The van der Waals surface area contributed by atoms with Gasteiger partial charge in [0.05, 0.1) is 0 Å². The second-order valence-electron chi connectivity index (χ2n) is 4.95. The van der Waals surface area contributed by atoms with E-state index in [1.807, 2.05) is 0 Å². The van der Waals surface area contributed by atoms with Crippen LogP contribution >= 0.6 is 0 Å². The summed E-state index contributed by atoms with van der Waals surface area (Å²) in [5.74, 6) is 0. The number of rotatable bonds is 4. The zero-order chi connectivity index (χ0) is 11.7. The van der Waals surface area contributed by atoms with Crippen molar-refractivity contribution in [3.8, 4) is 0 Å². The Morgan fingerprint density at radius 1 is 0.533 bits per heavy atom. The Morgan fingerprint density at radius 3 is 0.667 bits per heavy atom. The minimum absolute atomic E-state index is 0. The molecule has 0 aliphatic carbocycles. The maximum Gasteiger partial charge on any atom is 2.00 e. The summed E-state index contributed by atoms with van der Waals surface area (Å²) in [5, 5.41) is 6.61. The molecule has 0 atom stereocenters. The van der Waals surface area contributed by atoms with E-state index in [0.717, 1.165) is 0 Å². The SMILES string of the molecule is CC(C)NC(C)C.CC(C)NC(C)C.[H-].[H-].[Mg+2]. The van der Waals surface area contributed by atoms with Gasteiger partial charge >= 0.3 is 23.1 Å². The fourth-order valence-electron chi connectivity index (χ4n) is 1.33. The van der Waals surface area contributed by atoms with Crippen LogP contribution < -0.4 is 10.6 Å². The number of hydrogen-bond donors (Lipinski definition) is 2. The van der Waals surface area contributed by atoms with Gasteiger partial charge < -0.3 is 13.5 Å². The molecule has 2 N–H and O–H groups in total. The molecule has 0 aliphatic heterocycles. The Labute approximate surface area is 116 Å². The molecule has 0 aromatic carbocycles. The van der Waals surface area contributed by atoms with Gasteiger partial charge in [-0.25, -0.2) is 0 Å². The van der Waals surface area contributed by atoms with E-state index in [2.05, 4.69) is 66.0 Å². The van der Waals surface area contributed by atoms with Crippen molar-refractivity contribution >= 4 is 23.1 Å². The molecule has 0 rings (SSSR count). The number of nitrogens with one attached hydrogen (secondary N) is 2. The molecule has 0 aromatic rings. The summed E-state index contributed by atoms with van der Waals surface area (Å²) < 4.78 is 0. The van der Waals surface area contributed by atoms with E-state index in [1.165, 1.54) is 0 Å². The van der Waals surface area contributed by atoms with Gasteiger partial charge in [-0.3, -0.25) is 0 Å². The van der Waals surface area contributed by atoms with Crippen LogP contribution in [0.5, 0.6) is 0 Å². The zero-order valence-electron chi connectivity index (χ0n) is 14.0. The molecular weight excluding hydrogens is 196 g/mol. The van der Waals surface area contributed by atoms with Gasteiger partial charge in [0, 0.05) is 24.2 Å². The topological polar surface area (TPSA) is 24.1 Å².